The minimum absolute atomic E-state index is 0.0333. The van der Waals surface area contributed by atoms with E-state index in [0.29, 0.717) is 28.8 Å². The van der Waals surface area contributed by atoms with Crippen molar-refractivity contribution in [1.82, 2.24) is 4.90 Å². The lowest BCUT2D eigenvalue weighted by atomic mass is 10.1. The summed E-state index contributed by atoms with van der Waals surface area (Å²) in [5, 5.41) is 9.49. The van der Waals surface area contributed by atoms with Crippen LogP contribution in [0.25, 0.3) is 0 Å². The molecule has 1 saturated heterocycles. The minimum Gasteiger partial charge on any atom is -0.480 e. The fourth-order valence-corrected chi connectivity index (χ4v) is 3.75. The van der Waals surface area contributed by atoms with Crippen LogP contribution in [0.4, 0.5) is 5.69 Å². The number of benzene rings is 2. The van der Waals surface area contributed by atoms with Crippen LogP contribution in [0.2, 0.25) is 5.02 Å². The first-order chi connectivity index (χ1) is 12.5. The molecule has 0 aromatic heterocycles. The molecule has 1 aliphatic rings. The molecule has 26 heavy (non-hydrogen) atoms. The molecular weight excluding hydrogens is 372 g/mol. The number of carboxylic acid groups (broad SMARTS) is 1. The van der Waals surface area contributed by atoms with E-state index in [0.717, 1.165) is 17.3 Å². The van der Waals surface area contributed by atoms with Gasteiger partial charge in [-0.15, -0.1) is 0 Å². The van der Waals surface area contributed by atoms with Gasteiger partial charge >= 0.3 is 5.97 Å². The molecular formula is C19H17ClN2O3S. The van der Waals surface area contributed by atoms with Gasteiger partial charge in [0.15, 0.2) is 5.17 Å². The number of aliphatic carboxylic acids is 1. The van der Waals surface area contributed by atoms with Gasteiger partial charge in [0.2, 0.25) is 5.91 Å². The monoisotopic (exact) mass is 388 g/mol. The van der Waals surface area contributed by atoms with Crippen molar-refractivity contribution in [3.8, 4) is 0 Å². The summed E-state index contributed by atoms with van der Waals surface area (Å²) >= 11 is 7.00. The molecule has 5 nitrogen and oxygen atoms in total. The van der Waals surface area contributed by atoms with Gasteiger partial charge in [0.25, 0.3) is 0 Å². The van der Waals surface area contributed by atoms with Gasteiger partial charge < -0.3 is 5.11 Å². The number of carbonyl (C=O) groups is 2. The highest BCUT2D eigenvalue weighted by Crippen LogP contribution is 2.29. The van der Waals surface area contributed by atoms with E-state index in [2.05, 4.69) is 4.99 Å². The lowest BCUT2D eigenvalue weighted by Gasteiger charge is -2.30. The Labute approximate surface area is 160 Å². The zero-order valence-corrected chi connectivity index (χ0v) is 15.4. The summed E-state index contributed by atoms with van der Waals surface area (Å²) in [7, 11) is 0. The first-order valence-corrected chi connectivity index (χ1v) is 9.37. The summed E-state index contributed by atoms with van der Waals surface area (Å²) in [6, 6.07) is 16.7. The van der Waals surface area contributed by atoms with E-state index in [1.807, 2.05) is 30.3 Å². The third kappa shape index (κ3) is 4.65. The van der Waals surface area contributed by atoms with Crippen LogP contribution in [0.5, 0.6) is 0 Å². The topological polar surface area (TPSA) is 70.0 Å². The standard InChI is InChI=1S/C19H17ClN2O3S/c20-14-6-8-15(9-7-14)21-19-22(11-10-13-4-2-1-3-5-13)17(23)12-16(26-19)18(24)25/h1-9,16H,10-12H2,(H,24,25)/t16-/m0/s1. The van der Waals surface area contributed by atoms with Crippen LogP contribution in [-0.4, -0.2) is 38.8 Å². The number of carboxylic acids is 1. The SMILES string of the molecule is O=C(O)[C@@H]1CC(=O)N(CCc2ccccc2)C(=Nc2ccc(Cl)cc2)S1. The van der Waals surface area contributed by atoms with Gasteiger partial charge in [0, 0.05) is 11.6 Å². The number of nitrogens with zero attached hydrogens (tertiary/aromatic N) is 2. The molecule has 3 rings (SSSR count). The van der Waals surface area contributed by atoms with Crippen LogP contribution in [0, 0.1) is 0 Å². The second-order valence-electron chi connectivity index (χ2n) is 5.80. The zero-order valence-electron chi connectivity index (χ0n) is 13.8. The summed E-state index contributed by atoms with van der Waals surface area (Å²) < 4.78 is 0. The molecule has 0 aliphatic carbocycles. The maximum absolute atomic E-state index is 12.5. The van der Waals surface area contributed by atoms with Crippen LogP contribution in [-0.2, 0) is 16.0 Å². The molecule has 134 valence electrons. The van der Waals surface area contributed by atoms with E-state index in [1.165, 1.54) is 0 Å². The molecule has 1 amide bonds. The summed E-state index contributed by atoms with van der Waals surface area (Å²) in [5.74, 6) is -1.23. The predicted octanol–water partition coefficient (Wildman–Crippen LogP) is 3.99. The number of halogens is 1. The van der Waals surface area contributed by atoms with Crippen molar-refractivity contribution in [3.05, 3.63) is 65.2 Å². The first-order valence-electron chi connectivity index (χ1n) is 8.11. The lowest BCUT2D eigenvalue weighted by Crippen LogP contribution is -2.44. The lowest BCUT2D eigenvalue weighted by molar-refractivity contribution is -0.139. The number of carbonyl (C=O) groups excluding carboxylic acids is 1. The van der Waals surface area contributed by atoms with E-state index < -0.39 is 11.2 Å². The zero-order chi connectivity index (χ0) is 18.5. The molecule has 1 fully saturated rings. The molecule has 1 aliphatic heterocycles. The van der Waals surface area contributed by atoms with Crippen molar-refractivity contribution in [1.29, 1.82) is 0 Å². The molecule has 1 atom stereocenters. The Hall–Kier alpha value is -2.31. The Kier molecular flexibility index (Phi) is 5.96. The molecule has 2 aromatic rings. The smallest absolute Gasteiger partial charge is 0.317 e. The van der Waals surface area contributed by atoms with Crippen LogP contribution >= 0.6 is 23.4 Å². The van der Waals surface area contributed by atoms with Gasteiger partial charge in [-0.25, -0.2) is 4.99 Å². The van der Waals surface area contributed by atoms with E-state index in [-0.39, 0.29) is 12.3 Å². The Balaban J connectivity index is 1.84. The van der Waals surface area contributed by atoms with Crippen LogP contribution in [0.15, 0.2) is 59.6 Å². The van der Waals surface area contributed by atoms with Crippen LogP contribution in [0.3, 0.4) is 0 Å². The quantitative estimate of drug-likeness (QED) is 0.840. The summed E-state index contributed by atoms with van der Waals surface area (Å²) in [6.07, 6.45) is 0.638. The second-order valence-corrected chi connectivity index (χ2v) is 7.41. The highest BCUT2D eigenvalue weighted by Gasteiger charge is 2.35. The van der Waals surface area contributed by atoms with Crippen molar-refractivity contribution in [2.24, 2.45) is 4.99 Å². The summed E-state index contributed by atoms with van der Waals surface area (Å²) in [5.41, 5.74) is 1.73. The van der Waals surface area contributed by atoms with Crippen molar-refractivity contribution in [2.75, 3.05) is 6.54 Å². The van der Waals surface area contributed by atoms with Gasteiger partial charge in [-0.3, -0.25) is 14.5 Å². The average molecular weight is 389 g/mol. The van der Waals surface area contributed by atoms with E-state index in [4.69, 9.17) is 11.6 Å². The minimum atomic E-state index is -1.00. The Morgan fingerprint density at radius 2 is 1.88 bits per heavy atom. The maximum atomic E-state index is 12.5. The highest BCUT2D eigenvalue weighted by atomic mass is 35.5. The molecule has 1 heterocycles. The summed E-state index contributed by atoms with van der Waals surface area (Å²) in [4.78, 5) is 30.0. The van der Waals surface area contributed by atoms with E-state index >= 15 is 0 Å². The number of thioether (sulfide) groups is 1. The Morgan fingerprint density at radius 1 is 1.19 bits per heavy atom. The predicted molar refractivity (Wildman–Crippen MR) is 104 cm³/mol. The molecule has 0 unspecified atom stereocenters. The molecule has 7 heteroatoms. The van der Waals surface area contributed by atoms with Gasteiger partial charge in [-0.05, 0) is 36.2 Å². The maximum Gasteiger partial charge on any atom is 0.317 e. The molecule has 0 radical (unpaired) electrons. The fourth-order valence-electron chi connectivity index (χ4n) is 2.56. The largest absolute Gasteiger partial charge is 0.480 e. The molecule has 2 aromatic carbocycles. The Morgan fingerprint density at radius 3 is 2.54 bits per heavy atom. The number of hydrogen-bond acceptors (Lipinski definition) is 4. The van der Waals surface area contributed by atoms with Crippen molar-refractivity contribution in [3.63, 3.8) is 0 Å². The summed E-state index contributed by atoms with van der Waals surface area (Å²) in [6.45, 7) is 0.453. The van der Waals surface area contributed by atoms with Crippen molar-refractivity contribution >= 4 is 46.1 Å². The molecule has 0 bridgehead atoms. The average Bonchev–Trinajstić information content (AvgIpc) is 2.63. The van der Waals surface area contributed by atoms with Crippen LogP contribution in [0.1, 0.15) is 12.0 Å². The number of amidine groups is 1. The van der Waals surface area contributed by atoms with Gasteiger partial charge in [0.05, 0.1) is 12.1 Å². The third-order valence-corrected chi connectivity index (χ3v) is 5.36. The number of aliphatic imine (C=N–C) groups is 1. The number of amides is 1. The second kappa shape index (κ2) is 8.38. The van der Waals surface area contributed by atoms with Crippen molar-refractivity contribution < 1.29 is 14.7 Å². The van der Waals surface area contributed by atoms with Crippen molar-refractivity contribution in [2.45, 2.75) is 18.1 Å². The van der Waals surface area contributed by atoms with Gasteiger partial charge in [-0.1, -0.05) is 53.7 Å². The number of hydrogen-bond donors (Lipinski definition) is 1. The third-order valence-electron chi connectivity index (χ3n) is 3.93. The molecule has 0 saturated carbocycles. The number of rotatable bonds is 5. The van der Waals surface area contributed by atoms with E-state index in [1.54, 1.807) is 29.2 Å². The Bertz CT molecular complexity index is 824. The van der Waals surface area contributed by atoms with E-state index in [9.17, 15) is 14.7 Å². The first kappa shape index (κ1) is 18.5. The fraction of sp³-hybridized carbons (Fsp3) is 0.211. The molecule has 1 N–H and O–H groups in total. The molecule has 0 spiro atoms. The highest BCUT2D eigenvalue weighted by molar-refractivity contribution is 8.15. The van der Waals surface area contributed by atoms with Crippen LogP contribution < -0.4 is 0 Å². The van der Waals surface area contributed by atoms with Gasteiger partial charge in [0.1, 0.15) is 5.25 Å². The van der Waals surface area contributed by atoms with Gasteiger partial charge in [-0.2, -0.15) is 0 Å². The normalized spacial score (nSPS) is 19.0.